The fraction of sp³-hybridized carbons (Fsp3) is 0.611. The monoisotopic (exact) mass is 433 g/mol. The maximum Gasteiger partial charge on any atom is 0.191 e. The Morgan fingerprint density at radius 3 is 2.35 bits per heavy atom. The van der Waals surface area contributed by atoms with Gasteiger partial charge in [0.1, 0.15) is 0 Å². The summed E-state index contributed by atoms with van der Waals surface area (Å²) in [6, 6.07) is 8.71. The molecule has 1 aromatic rings. The zero-order chi connectivity index (χ0) is 16.4. The maximum atomic E-state index is 5.34. The van der Waals surface area contributed by atoms with Gasteiger partial charge in [0, 0.05) is 25.1 Å². The highest BCUT2D eigenvalue weighted by molar-refractivity contribution is 14.0. The van der Waals surface area contributed by atoms with Crippen molar-refractivity contribution in [2.24, 2.45) is 4.99 Å². The highest BCUT2D eigenvalue weighted by atomic mass is 127. The van der Waals surface area contributed by atoms with Crippen LogP contribution in [0.1, 0.15) is 38.8 Å². The zero-order valence-corrected chi connectivity index (χ0v) is 17.4. The third-order valence-corrected chi connectivity index (χ3v) is 3.55. The number of aryl methyl sites for hydroxylation is 1. The normalized spacial score (nSPS) is 11.8. The van der Waals surface area contributed by atoms with Crippen LogP contribution >= 0.6 is 24.0 Å². The molecule has 0 saturated heterocycles. The van der Waals surface area contributed by atoms with Crippen molar-refractivity contribution in [3.8, 4) is 0 Å². The molecule has 132 valence electrons. The third-order valence-electron chi connectivity index (χ3n) is 3.55. The van der Waals surface area contributed by atoms with E-state index in [0.717, 1.165) is 32.2 Å². The van der Waals surface area contributed by atoms with Crippen molar-refractivity contribution in [2.45, 2.75) is 40.0 Å². The zero-order valence-electron chi connectivity index (χ0n) is 15.1. The Bertz CT molecular complexity index is 458. The molecule has 2 N–H and O–H groups in total. The Labute approximate surface area is 158 Å². The minimum Gasteiger partial charge on any atom is -0.380 e. The number of benzene rings is 1. The second-order valence-corrected chi connectivity index (χ2v) is 6.07. The van der Waals surface area contributed by atoms with E-state index >= 15 is 0 Å². The molecule has 0 saturated carbocycles. The van der Waals surface area contributed by atoms with Crippen LogP contribution in [0.4, 0.5) is 0 Å². The van der Waals surface area contributed by atoms with Gasteiger partial charge in [-0.25, -0.2) is 0 Å². The van der Waals surface area contributed by atoms with Gasteiger partial charge in [-0.1, -0.05) is 43.7 Å². The van der Waals surface area contributed by atoms with E-state index in [1.807, 2.05) is 6.92 Å². The fourth-order valence-corrected chi connectivity index (χ4v) is 2.10. The van der Waals surface area contributed by atoms with Crippen LogP contribution in [0, 0.1) is 6.92 Å². The number of guanidine groups is 1. The van der Waals surface area contributed by atoms with E-state index in [4.69, 9.17) is 9.73 Å². The molecule has 0 heterocycles. The predicted octanol–water partition coefficient (Wildman–Crippen LogP) is 3.48. The topological polar surface area (TPSA) is 45.7 Å². The number of nitrogens with zero attached hydrogens (tertiary/aromatic N) is 1. The second kappa shape index (κ2) is 11.7. The number of rotatable bonds is 8. The maximum absolute atomic E-state index is 5.34. The summed E-state index contributed by atoms with van der Waals surface area (Å²) in [4.78, 5) is 4.72. The Hall–Kier alpha value is -0.820. The third kappa shape index (κ3) is 8.55. The first-order valence-electron chi connectivity index (χ1n) is 8.16. The van der Waals surface area contributed by atoms with Crippen molar-refractivity contribution in [1.29, 1.82) is 0 Å². The quantitative estimate of drug-likeness (QED) is 0.286. The molecule has 0 spiro atoms. The summed E-state index contributed by atoms with van der Waals surface area (Å²) in [6.45, 7) is 14.4. The molecule has 4 nitrogen and oxygen atoms in total. The van der Waals surface area contributed by atoms with Crippen LogP contribution in [0.5, 0.6) is 0 Å². The van der Waals surface area contributed by atoms with Crippen molar-refractivity contribution in [2.75, 3.05) is 32.8 Å². The van der Waals surface area contributed by atoms with Gasteiger partial charge in [0.05, 0.1) is 13.2 Å². The van der Waals surface area contributed by atoms with Crippen LogP contribution < -0.4 is 10.6 Å². The van der Waals surface area contributed by atoms with Crippen molar-refractivity contribution >= 4 is 29.9 Å². The number of ether oxygens (including phenoxy) is 1. The van der Waals surface area contributed by atoms with Gasteiger partial charge in [0.25, 0.3) is 0 Å². The molecule has 0 aliphatic heterocycles. The van der Waals surface area contributed by atoms with Crippen LogP contribution in [0.3, 0.4) is 0 Å². The first kappa shape index (κ1) is 22.2. The highest BCUT2D eigenvalue weighted by Crippen LogP contribution is 2.23. The summed E-state index contributed by atoms with van der Waals surface area (Å²) in [7, 11) is 0. The van der Waals surface area contributed by atoms with Crippen LogP contribution in [-0.2, 0) is 10.2 Å². The Balaban J connectivity index is 0.00000484. The minimum atomic E-state index is 0. The van der Waals surface area contributed by atoms with E-state index in [-0.39, 0.29) is 29.4 Å². The Morgan fingerprint density at radius 2 is 1.78 bits per heavy atom. The molecule has 0 aromatic heterocycles. The Kier molecular flexibility index (Phi) is 11.3. The van der Waals surface area contributed by atoms with Crippen molar-refractivity contribution in [1.82, 2.24) is 10.6 Å². The number of aliphatic imine (C=N–C) groups is 1. The summed E-state index contributed by atoms with van der Waals surface area (Å²) < 4.78 is 5.34. The molecule has 0 radical (unpaired) electrons. The standard InChI is InChI=1S/C18H31N3O.HI/c1-6-19-17(20-12-13-22-7-2)21-14-18(4,5)16-10-8-15(3)9-11-16;/h8-11H,6-7,12-14H2,1-5H3,(H2,19,20,21);1H. The fourth-order valence-electron chi connectivity index (χ4n) is 2.10. The van der Waals surface area contributed by atoms with Crippen LogP contribution in [0.2, 0.25) is 0 Å². The molecule has 0 amide bonds. The molecular formula is C18H32IN3O. The summed E-state index contributed by atoms with van der Waals surface area (Å²) in [6.07, 6.45) is 0. The van der Waals surface area contributed by atoms with Gasteiger partial charge in [-0.2, -0.15) is 0 Å². The lowest BCUT2D eigenvalue weighted by atomic mass is 9.84. The first-order valence-corrected chi connectivity index (χ1v) is 8.16. The molecule has 0 bridgehead atoms. The molecule has 1 rings (SSSR count). The van der Waals surface area contributed by atoms with Crippen molar-refractivity contribution in [3.63, 3.8) is 0 Å². The van der Waals surface area contributed by atoms with E-state index in [2.05, 4.69) is 62.6 Å². The highest BCUT2D eigenvalue weighted by Gasteiger charge is 2.20. The smallest absolute Gasteiger partial charge is 0.191 e. The van der Waals surface area contributed by atoms with E-state index < -0.39 is 0 Å². The van der Waals surface area contributed by atoms with Gasteiger partial charge in [0.2, 0.25) is 0 Å². The molecule has 23 heavy (non-hydrogen) atoms. The second-order valence-electron chi connectivity index (χ2n) is 6.07. The number of hydrogen-bond acceptors (Lipinski definition) is 2. The van der Waals surface area contributed by atoms with Crippen molar-refractivity contribution in [3.05, 3.63) is 35.4 Å². The lowest BCUT2D eigenvalue weighted by Crippen LogP contribution is -2.40. The van der Waals surface area contributed by atoms with Gasteiger partial charge in [-0.3, -0.25) is 4.99 Å². The summed E-state index contributed by atoms with van der Waals surface area (Å²) in [5.74, 6) is 0.849. The number of nitrogens with one attached hydrogen (secondary N) is 2. The van der Waals surface area contributed by atoms with Crippen molar-refractivity contribution < 1.29 is 4.74 Å². The number of halogens is 1. The van der Waals surface area contributed by atoms with Gasteiger partial charge in [0.15, 0.2) is 5.96 Å². The van der Waals surface area contributed by atoms with Gasteiger partial charge >= 0.3 is 0 Å². The average Bonchev–Trinajstić information content (AvgIpc) is 2.49. The lowest BCUT2D eigenvalue weighted by Gasteiger charge is -2.24. The predicted molar refractivity (Wildman–Crippen MR) is 110 cm³/mol. The Morgan fingerprint density at radius 1 is 1.13 bits per heavy atom. The van der Waals surface area contributed by atoms with Gasteiger partial charge in [-0.15, -0.1) is 24.0 Å². The first-order chi connectivity index (χ1) is 10.5. The molecule has 0 aliphatic carbocycles. The molecule has 0 fully saturated rings. The van der Waals surface area contributed by atoms with Gasteiger partial charge in [-0.05, 0) is 26.3 Å². The molecule has 0 unspecified atom stereocenters. The average molecular weight is 433 g/mol. The largest absolute Gasteiger partial charge is 0.380 e. The van der Waals surface area contributed by atoms with E-state index in [1.165, 1.54) is 11.1 Å². The molecular weight excluding hydrogens is 401 g/mol. The molecule has 0 atom stereocenters. The summed E-state index contributed by atoms with van der Waals surface area (Å²) >= 11 is 0. The van der Waals surface area contributed by atoms with E-state index in [1.54, 1.807) is 0 Å². The summed E-state index contributed by atoms with van der Waals surface area (Å²) in [5, 5.41) is 6.58. The SMILES string of the molecule is CCNC(=NCC(C)(C)c1ccc(C)cc1)NCCOCC.I. The lowest BCUT2D eigenvalue weighted by molar-refractivity contribution is 0.152. The molecule has 0 aliphatic rings. The molecule has 5 heteroatoms. The number of hydrogen-bond donors (Lipinski definition) is 2. The van der Waals surface area contributed by atoms with E-state index in [0.29, 0.717) is 6.61 Å². The van der Waals surface area contributed by atoms with E-state index in [9.17, 15) is 0 Å². The van der Waals surface area contributed by atoms with Crippen LogP contribution in [0.25, 0.3) is 0 Å². The minimum absolute atomic E-state index is 0. The summed E-state index contributed by atoms with van der Waals surface area (Å²) in [5.41, 5.74) is 2.61. The van der Waals surface area contributed by atoms with Crippen LogP contribution in [-0.4, -0.2) is 38.8 Å². The van der Waals surface area contributed by atoms with Gasteiger partial charge < -0.3 is 15.4 Å². The molecule has 1 aromatic carbocycles. The van der Waals surface area contributed by atoms with Crippen LogP contribution in [0.15, 0.2) is 29.3 Å².